The zero-order valence-electron chi connectivity index (χ0n) is 50.2. The molecule has 6 heteroatoms. The van der Waals surface area contributed by atoms with E-state index in [2.05, 4.69) is 142 Å². The molecule has 0 aliphatic heterocycles. The molecule has 0 radical (unpaired) electrons. The summed E-state index contributed by atoms with van der Waals surface area (Å²) >= 11 is 0. The predicted molar refractivity (Wildman–Crippen MR) is 334 cm³/mol. The van der Waals surface area contributed by atoms with Crippen molar-refractivity contribution in [3.05, 3.63) is 122 Å². The first-order valence-corrected chi connectivity index (χ1v) is 32.0. The summed E-state index contributed by atoms with van der Waals surface area (Å²) in [5.74, 6) is -0.978. The summed E-state index contributed by atoms with van der Waals surface area (Å²) in [5, 5.41) is 0. The van der Waals surface area contributed by atoms with E-state index < -0.39 is 6.10 Å². The summed E-state index contributed by atoms with van der Waals surface area (Å²) in [5.41, 5.74) is 0. The molecule has 0 aromatic carbocycles. The third kappa shape index (κ3) is 62.5. The Balaban J connectivity index is 4.40. The number of unbranched alkanes of at least 4 members (excludes halogenated alkanes) is 26. The van der Waals surface area contributed by atoms with Crippen molar-refractivity contribution in [2.75, 3.05) is 13.2 Å². The number of hydrogen-bond donors (Lipinski definition) is 0. The quantitative estimate of drug-likeness (QED) is 0.0261. The largest absolute Gasteiger partial charge is 0.462 e. The lowest BCUT2D eigenvalue weighted by Gasteiger charge is -2.18. The first kappa shape index (κ1) is 72.8. The lowest BCUT2D eigenvalue weighted by atomic mass is 10.0. The minimum atomic E-state index is -0.817. The second-order valence-electron chi connectivity index (χ2n) is 20.9. The molecule has 0 aromatic rings. The van der Waals surface area contributed by atoms with Crippen LogP contribution in [0.4, 0.5) is 0 Å². The Morgan fingerprint density at radius 2 is 0.506 bits per heavy atom. The van der Waals surface area contributed by atoms with Gasteiger partial charge in [0.25, 0.3) is 0 Å². The molecule has 0 aliphatic carbocycles. The number of esters is 3. The summed E-state index contributed by atoms with van der Waals surface area (Å²) < 4.78 is 16.9. The van der Waals surface area contributed by atoms with Crippen molar-refractivity contribution in [1.82, 2.24) is 0 Å². The smallest absolute Gasteiger partial charge is 0.306 e. The molecule has 1 unspecified atom stereocenters. The summed E-state index contributed by atoms with van der Waals surface area (Å²) in [6.07, 6.45) is 89.3. The van der Waals surface area contributed by atoms with Crippen LogP contribution in [0, 0.1) is 0 Å². The van der Waals surface area contributed by atoms with Gasteiger partial charge in [-0.15, -0.1) is 0 Å². The molecule has 0 N–H and O–H groups in total. The summed E-state index contributed by atoms with van der Waals surface area (Å²) in [6.45, 7) is 6.36. The zero-order chi connectivity index (χ0) is 55.7. The van der Waals surface area contributed by atoms with E-state index in [4.69, 9.17) is 14.2 Å². The maximum Gasteiger partial charge on any atom is 0.306 e. The van der Waals surface area contributed by atoms with Crippen molar-refractivity contribution in [3.8, 4) is 0 Å². The Labute approximate surface area is 475 Å². The average molecular weight is 1070 g/mol. The summed E-state index contributed by atoms with van der Waals surface area (Å²) in [4.78, 5) is 38.3. The normalized spacial score (nSPS) is 12.9. The van der Waals surface area contributed by atoms with Crippen LogP contribution in [-0.2, 0) is 28.6 Å². The van der Waals surface area contributed by atoms with Crippen LogP contribution in [0.25, 0.3) is 0 Å². The minimum absolute atomic E-state index is 0.107. The molecular formula is C71H118O6. The molecule has 0 spiro atoms. The molecule has 6 nitrogen and oxygen atoms in total. The maximum absolute atomic E-state index is 12.9. The molecule has 0 saturated heterocycles. The van der Waals surface area contributed by atoms with Gasteiger partial charge < -0.3 is 14.2 Å². The Morgan fingerprint density at radius 1 is 0.273 bits per heavy atom. The average Bonchev–Trinajstić information content (AvgIpc) is 3.43. The molecular weight excluding hydrogens is 949 g/mol. The molecule has 77 heavy (non-hydrogen) atoms. The van der Waals surface area contributed by atoms with E-state index in [1.165, 1.54) is 128 Å². The highest BCUT2D eigenvalue weighted by atomic mass is 16.6. The van der Waals surface area contributed by atoms with Crippen LogP contribution in [0.2, 0.25) is 0 Å². The van der Waals surface area contributed by atoms with E-state index >= 15 is 0 Å². The number of ether oxygens (including phenoxy) is 3. The van der Waals surface area contributed by atoms with Crippen molar-refractivity contribution in [1.29, 1.82) is 0 Å². The fraction of sp³-hybridized carbons (Fsp3) is 0.676. The molecule has 0 bridgehead atoms. The van der Waals surface area contributed by atoms with Gasteiger partial charge in [-0.2, -0.15) is 0 Å². The van der Waals surface area contributed by atoms with Gasteiger partial charge in [0.05, 0.1) is 0 Å². The van der Waals surface area contributed by atoms with Crippen molar-refractivity contribution < 1.29 is 28.6 Å². The number of carbonyl (C=O) groups is 3. The third-order valence-electron chi connectivity index (χ3n) is 13.4. The van der Waals surface area contributed by atoms with Crippen LogP contribution in [0.15, 0.2) is 122 Å². The van der Waals surface area contributed by atoms with Crippen molar-refractivity contribution in [2.24, 2.45) is 0 Å². The van der Waals surface area contributed by atoms with Gasteiger partial charge in [0.1, 0.15) is 13.2 Å². The van der Waals surface area contributed by atoms with Gasteiger partial charge >= 0.3 is 17.9 Å². The predicted octanol–water partition coefficient (Wildman–Crippen LogP) is 22.0. The second kappa shape index (κ2) is 64.3. The Bertz CT molecular complexity index is 1600. The fourth-order valence-corrected chi connectivity index (χ4v) is 8.69. The number of rotatable bonds is 57. The van der Waals surface area contributed by atoms with Gasteiger partial charge in [-0.05, 0) is 128 Å². The molecule has 0 amide bonds. The van der Waals surface area contributed by atoms with Gasteiger partial charge in [0, 0.05) is 19.3 Å². The highest BCUT2D eigenvalue weighted by Crippen LogP contribution is 2.16. The topological polar surface area (TPSA) is 78.9 Å². The zero-order valence-corrected chi connectivity index (χ0v) is 50.2. The lowest BCUT2D eigenvalue weighted by molar-refractivity contribution is -0.167. The van der Waals surface area contributed by atoms with Crippen LogP contribution < -0.4 is 0 Å². The van der Waals surface area contributed by atoms with Crippen LogP contribution in [0.5, 0.6) is 0 Å². The van der Waals surface area contributed by atoms with E-state index in [0.29, 0.717) is 19.3 Å². The maximum atomic E-state index is 12.9. The molecule has 0 aliphatic rings. The van der Waals surface area contributed by atoms with E-state index in [-0.39, 0.29) is 37.5 Å². The molecule has 438 valence electrons. The Kier molecular flexibility index (Phi) is 60.8. The molecule has 0 saturated carbocycles. The Hall–Kier alpha value is -4.19. The highest BCUT2D eigenvalue weighted by Gasteiger charge is 2.19. The summed E-state index contributed by atoms with van der Waals surface area (Å²) in [6, 6.07) is 0. The SMILES string of the molecule is CC/C=C\C/C=C\C/C=C\C/C=C\C/C=C\C/C=C\CCCCC(=O)OC(COC(=O)CCCCC/C=C\C/C=C\C/C=C\CC)COC(=O)CCCCCCCCCCCCCCC/C=C\CCCCCCCCCC. The number of carbonyl (C=O) groups excluding carboxylic acids is 3. The number of hydrogen-bond acceptors (Lipinski definition) is 6. The fourth-order valence-electron chi connectivity index (χ4n) is 8.69. The highest BCUT2D eigenvalue weighted by molar-refractivity contribution is 5.71. The Morgan fingerprint density at radius 3 is 0.844 bits per heavy atom. The van der Waals surface area contributed by atoms with Crippen LogP contribution in [0.3, 0.4) is 0 Å². The van der Waals surface area contributed by atoms with Crippen LogP contribution in [-0.4, -0.2) is 37.2 Å². The van der Waals surface area contributed by atoms with E-state index in [1.807, 2.05) is 0 Å². The van der Waals surface area contributed by atoms with Gasteiger partial charge in [0.2, 0.25) is 0 Å². The van der Waals surface area contributed by atoms with Crippen molar-refractivity contribution >= 4 is 17.9 Å². The molecule has 0 rings (SSSR count). The van der Waals surface area contributed by atoms with Gasteiger partial charge in [-0.3, -0.25) is 14.4 Å². The third-order valence-corrected chi connectivity index (χ3v) is 13.4. The van der Waals surface area contributed by atoms with Crippen molar-refractivity contribution in [3.63, 3.8) is 0 Å². The molecule has 0 heterocycles. The number of allylic oxidation sites excluding steroid dienone is 20. The van der Waals surface area contributed by atoms with E-state index in [0.717, 1.165) is 116 Å². The van der Waals surface area contributed by atoms with Gasteiger partial charge in [-0.25, -0.2) is 0 Å². The molecule has 1 atom stereocenters. The van der Waals surface area contributed by atoms with Gasteiger partial charge in [-0.1, -0.05) is 264 Å². The van der Waals surface area contributed by atoms with Crippen molar-refractivity contribution in [2.45, 2.75) is 297 Å². The van der Waals surface area contributed by atoms with E-state index in [9.17, 15) is 14.4 Å². The monoisotopic (exact) mass is 1070 g/mol. The minimum Gasteiger partial charge on any atom is -0.462 e. The van der Waals surface area contributed by atoms with Crippen LogP contribution >= 0.6 is 0 Å². The molecule has 0 aromatic heterocycles. The summed E-state index contributed by atoms with van der Waals surface area (Å²) in [7, 11) is 0. The standard InChI is InChI=1S/C71H118O6/c1-4-7-10-13-16-19-22-25-27-29-31-33-34-35-36-38-39-41-43-46-49-52-55-58-61-64-70(73)76-67-68(66-75-69(72)63-60-57-54-51-48-45-24-21-18-15-12-9-6-3)77-71(74)65-62-59-56-53-50-47-44-42-40-37-32-30-28-26-23-20-17-14-11-8-5-2/h8-9,11-12,17-18,20-21,26,28-29,31-32,37,42,44-45,48,50,53,68H,4-7,10,13-16,19,22-25,27,30,33-36,38-41,43,46-47,49,51-52,54-67H2,1-3H3/b11-8-,12-9-,20-17-,21-18-,28-26-,31-29-,37-32-,44-42-,48-45-,53-50-. The van der Waals surface area contributed by atoms with Crippen LogP contribution in [0.1, 0.15) is 290 Å². The second-order valence-corrected chi connectivity index (χ2v) is 20.9. The first-order chi connectivity index (χ1) is 38.0. The van der Waals surface area contributed by atoms with Gasteiger partial charge in [0.15, 0.2) is 6.10 Å². The molecule has 0 fully saturated rings. The first-order valence-electron chi connectivity index (χ1n) is 32.0. The lowest BCUT2D eigenvalue weighted by Crippen LogP contribution is -2.30. The van der Waals surface area contributed by atoms with E-state index in [1.54, 1.807) is 0 Å².